The maximum absolute atomic E-state index is 5.68. The molecule has 0 saturated carbocycles. The fourth-order valence-electron chi connectivity index (χ4n) is 2.31. The van der Waals surface area contributed by atoms with Crippen LogP contribution in [0.15, 0.2) is 11.8 Å². The molecule has 0 saturated heterocycles. The summed E-state index contributed by atoms with van der Waals surface area (Å²) in [6.07, 6.45) is 9.88. The number of allylic oxidation sites excluding steroid dienone is 2. The molecule has 114 valence electrons. The number of nitrogens with one attached hydrogen (secondary N) is 1. The highest BCUT2D eigenvalue weighted by molar-refractivity contribution is 5.04. The molecule has 0 aromatic heterocycles. The Morgan fingerprint density at radius 2 is 1.79 bits per heavy atom. The molecular formula is C17H36N2. The van der Waals surface area contributed by atoms with E-state index in [9.17, 15) is 0 Å². The smallest absolute Gasteiger partial charge is 0.0192 e. The third-order valence-electron chi connectivity index (χ3n) is 3.49. The third kappa shape index (κ3) is 10.0. The van der Waals surface area contributed by atoms with E-state index in [1.165, 1.54) is 37.8 Å². The number of unbranched alkanes of at least 4 members (excludes halogenated alkanes) is 2. The minimum absolute atomic E-state index is 0.329. The van der Waals surface area contributed by atoms with Gasteiger partial charge in [0, 0.05) is 12.2 Å². The lowest BCUT2D eigenvalue weighted by Crippen LogP contribution is -2.29. The monoisotopic (exact) mass is 268 g/mol. The SMILES string of the molecule is C/C=C(\NCC(C)(C)C)C(CCCN)CCCCC. The molecule has 1 atom stereocenters. The van der Waals surface area contributed by atoms with Crippen molar-refractivity contribution < 1.29 is 0 Å². The molecular weight excluding hydrogens is 232 g/mol. The summed E-state index contributed by atoms with van der Waals surface area (Å²) in [5, 5.41) is 3.67. The van der Waals surface area contributed by atoms with Crippen LogP contribution in [0.3, 0.4) is 0 Å². The molecule has 0 aromatic rings. The first-order chi connectivity index (χ1) is 8.94. The topological polar surface area (TPSA) is 38.0 Å². The van der Waals surface area contributed by atoms with Gasteiger partial charge in [-0.1, -0.05) is 53.0 Å². The summed E-state index contributed by atoms with van der Waals surface area (Å²) in [5.74, 6) is 0.669. The Morgan fingerprint density at radius 3 is 2.26 bits per heavy atom. The van der Waals surface area contributed by atoms with Crippen LogP contribution in [0.5, 0.6) is 0 Å². The van der Waals surface area contributed by atoms with Crippen molar-refractivity contribution in [3.05, 3.63) is 11.8 Å². The lowest BCUT2D eigenvalue weighted by Gasteiger charge is -2.26. The molecule has 3 N–H and O–H groups in total. The van der Waals surface area contributed by atoms with Crippen LogP contribution in [0.4, 0.5) is 0 Å². The van der Waals surface area contributed by atoms with Crippen LogP contribution < -0.4 is 11.1 Å². The van der Waals surface area contributed by atoms with Gasteiger partial charge in [-0.05, 0) is 44.1 Å². The first-order valence-electron chi connectivity index (χ1n) is 8.04. The fraction of sp³-hybridized carbons (Fsp3) is 0.882. The number of hydrogen-bond acceptors (Lipinski definition) is 2. The molecule has 0 bridgehead atoms. The van der Waals surface area contributed by atoms with Crippen LogP contribution in [0, 0.1) is 11.3 Å². The zero-order valence-electron chi connectivity index (χ0n) is 13.9. The largest absolute Gasteiger partial charge is 0.388 e. The van der Waals surface area contributed by atoms with Crippen molar-refractivity contribution in [3.63, 3.8) is 0 Å². The number of hydrogen-bond donors (Lipinski definition) is 2. The van der Waals surface area contributed by atoms with Crippen molar-refractivity contribution in [1.29, 1.82) is 0 Å². The highest BCUT2D eigenvalue weighted by atomic mass is 14.9. The number of rotatable bonds is 10. The van der Waals surface area contributed by atoms with E-state index in [0.29, 0.717) is 11.3 Å². The van der Waals surface area contributed by atoms with Crippen molar-refractivity contribution >= 4 is 0 Å². The van der Waals surface area contributed by atoms with E-state index < -0.39 is 0 Å². The average Bonchev–Trinajstić information content (AvgIpc) is 2.34. The van der Waals surface area contributed by atoms with Gasteiger partial charge in [-0.2, -0.15) is 0 Å². The molecule has 0 aliphatic heterocycles. The van der Waals surface area contributed by atoms with Gasteiger partial charge in [0.1, 0.15) is 0 Å². The first-order valence-corrected chi connectivity index (χ1v) is 8.04. The molecule has 2 heteroatoms. The van der Waals surface area contributed by atoms with Crippen molar-refractivity contribution in [3.8, 4) is 0 Å². The Labute approximate surface area is 121 Å². The molecule has 0 amide bonds. The zero-order valence-corrected chi connectivity index (χ0v) is 13.9. The van der Waals surface area contributed by atoms with E-state index in [4.69, 9.17) is 5.73 Å². The minimum Gasteiger partial charge on any atom is -0.388 e. The van der Waals surface area contributed by atoms with Crippen molar-refractivity contribution in [2.45, 2.75) is 73.1 Å². The summed E-state index contributed by atoms with van der Waals surface area (Å²) >= 11 is 0. The molecule has 0 fully saturated rings. The standard InChI is InChI=1S/C17H36N2/c1-6-8-9-11-15(12-10-13-18)16(7-2)19-14-17(3,4)5/h7,15,19H,6,8-14,18H2,1-5H3/b16-7-. The third-order valence-corrected chi connectivity index (χ3v) is 3.49. The van der Waals surface area contributed by atoms with E-state index in [1.54, 1.807) is 0 Å². The van der Waals surface area contributed by atoms with Crippen LogP contribution in [-0.2, 0) is 0 Å². The lowest BCUT2D eigenvalue weighted by atomic mass is 9.91. The van der Waals surface area contributed by atoms with E-state index in [-0.39, 0.29) is 0 Å². The van der Waals surface area contributed by atoms with Gasteiger partial charge in [0.05, 0.1) is 0 Å². The predicted molar refractivity (Wildman–Crippen MR) is 87.1 cm³/mol. The Bertz CT molecular complexity index is 238. The van der Waals surface area contributed by atoms with Gasteiger partial charge in [-0.3, -0.25) is 0 Å². The van der Waals surface area contributed by atoms with E-state index >= 15 is 0 Å². The van der Waals surface area contributed by atoms with Gasteiger partial charge in [0.25, 0.3) is 0 Å². The molecule has 2 nitrogen and oxygen atoms in total. The molecule has 0 rings (SSSR count). The van der Waals surface area contributed by atoms with E-state index in [1.807, 2.05) is 0 Å². The second-order valence-electron chi connectivity index (χ2n) is 6.78. The van der Waals surface area contributed by atoms with Crippen molar-refractivity contribution in [1.82, 2.24) is 5.32 Å². The molecule has 1 unspecified atom stereocenters. The van der Waals surface area contributed by atoms with Crippen LogP contribution in [0.25, 0.3) is 0 Å². The molecule has 0 aliphatic carbocycles. The summed E-state index contributed by atoms with van der Waals surface area (Å²) in [6, 6.07) is 0. The second-order valence-corrected chi connectivity index (χ2v) is 6.78. The maximum atomic E-state index is 5.68. The van der Waals surface area contributed by atoms with Crippen molar-refractivity contribution in [2.24, 2.45) is 17.1 Å². The molecule has 0 aliphatic rings. The first kappa shape index (κ1) is 18.5. The van der Waals surface area contributed by atoms with Crippen LogP contribution in [0.2, 0.25) is 0 Å². The zero-order chi connectivity index (χ0) is 14.7. The fourth-order valence-corrected chi connectivity index (χ4v) is 2.31. The Hall–Kier alpha value is -0.500. The van der Waals surface area contributed by atoms with Crippen LogP contribution in [0.1, 0.15) is 73.1 Å². The Balaban J connectivity index is 4.40. The summed E-state index contributed by atoms with van der Waals surface area (Å²) in [4.78, 5) is 0. The van der Waals surface area contributed by atoms with E-state index in [0.717, 1.165) is 19.5 Å². The molecule has 0 heterocycles. The van der Waals surface area contributed by atoms with Gasteiger partial charge < -0.3 is 11.1 Å². The average molecular weight is 268 g/mol. The van der Waals surface area contributed by atoms with Gasteiger partial charge in [0.15, 0.2) is 0 Å². The quantitative estimate of drug-likeness (QED) is 0.574. The second kappa shape index (κ2) is 10.3. The highest BCUT2D eigenvalue weighted by Crippen LogP contribution is 2.23. The molecule has 19 heavy (non-hydrogen) atoms. The highest BCUT2D eigenvalue weighted by Gasteiger charge is 2.16. The van der Waals surface area contributed by atoms with Gasteiger partial charge >= 0.3 is 0 Å². The van der Waals surface area contributed by atoms with Crippen LogP contribution in [-0.4, -0.2) is 13.1 Å². The molecule has 0 radical (unpaired) electrons. The summed E-state index contributed by atoms with van der Waals surface area (Å²) in [7, 11) is 0. The van der Waals surface area contributed by atoms with Gasteiger partial charge in [0.2, 0.25) is 0 Å². The predicted octanol–water partition coefficient (Wildman–Crippen LogP) is 4.46. The summed E-state index contributed by atoms with van der Waals surface area (Å²) in [5.41, 5.74) is 7.44. The maximum Gasteiger partial charge on any atom is 0.0192 e. The van der Waals surface area contributed by atoms with Gasteiger partial charge in [-0.25, -0.2) is 0 Å². The molecule has 0 aromatic carbocycles. The normalized spacial score (nSPS) is 14.5. The van der Waals surface area contributed by atoms with Crippen molar-refractivity contribution in [2.75, 3.05) is 13.1 Å². The Kier molecular flexibility index (Phi) is 10.0. The van der Waals surface area contributed by atoms with Crippen LogP contribution >= 0.6 is 0 Å². The lowest BCUT2D eigenvalue weighted by molar-refractivity contribution is 0.371. The minimum atomic E-state index is 0.329. The van der Waals surface area contributed by atoms with Gasteiger partial charge in [-0.15, -0.1) is 0 Å². The number of nitrogens with two attached hydrogens (primary N) is 1. The molecule has 0 spiro atoms. The summed E-state index contributed by atoms with van der Waals surface area (Å²) < 4.78 is 0. The summed E-state index contributed by atoms with van der Waals surface area (Å²) in [6.45, 7) is 13.1. The Morgan fingerprint density at radius 1 is 1.16 bits per heavy atom. The van der Waals surface area contributed by atoms with E-state index in [2.05, 4.69) is 46.0 Å².